The van der Waals surface area contributed by atoms with Gasteiger partial charge in [-0.1, -0.05) is 11.6 Å². The van der Waals surface area contributed by atoms with Crippen molar-refractivity contribution in [1.29, 1.82) is 0 Å². The van der Waals surface area contributed by atoms with E-state index < -0.39 is 10.0 Å². The molecule has 0 N–H and O–H groups in total. The van der Waals surface area contributed by atoms with Gasteiger partial charge in [0.1, 0.15) is 0 Å². The molecule has 5 nitrogen and oxygen atoms in total. The zero-order valence-corrected chi connectivity index (χ0v) is 12.9. The lowest BCUT2D eigenvalue weighted by Gasteiger charge is -2.17. The molecular formula is C12H17ClN2O3S. The molecule has 0 spiro atoms. The monoisotopic (exact) mass is 304 g/mol. The summed E-state index contributed by atoms with van der Waals surface area (Å²) in [6, 6.07) is 4.13. The van der Waals surface area contributed by atoms with Crippen molar-refractivity contribution in [1.82, 2.24) is 9.21 Å². The molecule has 0 saturated heterocycles. The third-order valence-electron chi connectivity index (χ3n) is 2.77. The van der Waals surface area contributed by atoms with Gasteiger partial charge in [-0.2, -0.15) is 0 Å². The molecule has 1 rings (SSSR count). The van der Waals surface area contributed by atoms with E-state index >= 15 is 0 Å². The topological polar surface area (TPSA) is 57.7 Å². The average molecular weight is 305 g/mol. The van der Waals surface area contributed by atoms with Crippen molar-refractivity contribution in [3.63, 3.8) is 0 Å². The normalized spacial score (nSPS) is 11.7. The Kier molecular flexibility index (Phi) is 4.95. The van der Waals surface area contributed by atoms with Gasteiger partial charge in [0.15, 0.2) is 0 Å². The summed E-state index contributed by atoms with van der Waals surface area (Å²) in [6.45, 7) is 2.34. The van der Waals surface area contributed by atoms with E-state index in [0.717, 1.165) is 4.31 Å². The molecule has 0 radical (unpaired) electrons. The molecule has 0 aliphatic rings. The van der Waals surface area contributed by atoms with Gasteiger partial charge in [-0.3, -0.25) is 4.79 Å². The Morgan fingerprint density at radius 1 is 1.26 bits per heavy atom. The quantitative estimate of drug-likeness (QED) is 0.850. The largest absolute Gasteiger partial charge is 0.342 e. The Bertz CT molecular complexity index is 585. The van der Waals surface area contributed by atoms with Gasteiger partial charge in [-0.25, -0.2) is 12.7 Å². The number of hydrogen-bond donors (Lipinski definition) is 0. The van der Waals surface area contributed by atoms with E-state index in [1.54, 1.807) is 7.05 Å². The number of halogens is 1. The van der Waals surface area contributed by atoms with Crippen LogP contribution in [0.2, 0.25) is 5.02 Å². The lowest BCUT2D eigenvalue weighted by Crippen LogP contribution is -2.27. The molecule has 0 aliphatic heterocycles. The molecule has 1 aromatic carbocycles. The van der Waals surface area contributed by atoms with Gasteiger partial charge in [-0.05, 0) is 25.1 Å². The zero-order chi connectivity index (χ0) is 14.8. The van der Waals surface area contributed by atoms with Crippen LogP contribution in [0.25, 0.3) is 0 Å². The van der Waals surface area contributed by atoms with Crippen molar-refractivity contribution in [2.75, 3.05) is 27.7 Å². The number of amides is 1. The number of nitrogens with zero attached hydrogens (tertiary/aromatic N) is 2. The summed E-state index contributed by atoms with van der Waals surface area (Å²) in [5.74, 6) is -0.302. The minimum atomic E-state index is -3.58. The number of carbonyl (C=O) groups excluding carboxylic acids is 1. The molecule has 0 aromatic heterocycles. The van der Waals surface area contributed by atoms with Crippen LogP contribution in [0.3, 0.4) is 0 Å². The fourth-order valence-corrected chi connectivity index (χ4v) is 2.52. The molecule has 0 atom stereocenters. The maximum atomic E-state index is 12.1. The maximum Gasteiger partial charge on any atom is 0.255 e. The smallest absolute Gasteiger partial charge is 0.255 e. The van der Waals surface area contributed by atoms with Gasteiger partial charge in [0, 0.05) is 27.7 Å². The molecule has 0 aliphatic carbocycles. The third kappa shape index (κ3) is 3.26. The highest BCUT2D eigenvalue weighted by molar-refractivity contribution is 7.89. The van der Waals surface area contributed by atoms with Crippen LogP contribution < -0.4 is 0 Å². The van der Waals surface area contributed by atoms with Crippen molar-refractivity contribution in [3.8, 4) is 0 Å². The fraction of sp³-hybridized carbons (Fsp3) is 0.417. The minimum absolute atomic E-state index is 0.0507. The highest BCUT2D eigenvalue weighted by atomic mass is 35.5. The predicted octanol–water partition coefficient (Wildman–Crippen LogP) is 1.68. The second-order valence-corrected chi connectivity index (χ2v) is 6.81. The highest BCUT2D eigenvalue weighted by Crippen LogP contribution is 2.23. The zero-order valence-electron chi connectivity index (χ0n) is 11.3. The van der Waals surface area contributed by atoms with E-state index in [-0.39, 0.29) is 21.4 Å². The van der Waals surface area contributed by atoms with Gasteiger partial charge in [-0.15, -0.1) is 0 Å². The molecule has 1 aromatic rings. The summed E-state index contributed by atoms with van der Waals surface area (Å²) in [5, 5.41) is 0.239. The second-order valence-electron chi connectivity index (χ2n) is 4.25. The summed E-state index contributed by atoms with van der Waals surface area (Å²) in [4.78, 5) is 13.6. The van der Waals surface area contributed by atoms with Gasteiger partial charge in [0.05, 0.1) is 15.5 Å². The minimum Gasteiger partial charge on any atom is -0.342 e. The number of carbonyl (C=O) groups is 1. The average Bonchev–Trinajstić information content (AvgIpc) is 2.37. The molecule has 1 amide bonds. The Morgan fingerprint density at radius 2 is 1.84 bits per heavy atom. The fourth-order valence-electron chi connectivity index (χ4n) is 1.39. The van der Waals surface area contributed by atoms with Crippen molar-refractivity contribution in [3.05, 3.63) is 28.8 Å². The molecule has 19 heavy (non-hydrogen) atoms. The summed E-state index contributed by atoms with van der Waals surface area (Å²) >= 11 is 5.97. The SMILES string of the molecule is CCN(C)C(=O)c1cc(S(=O)(=O)N(C)C)ccc1Cl. The van der Waals surface area contributed by atoms with Crippen LogP contribution in [0.15, 0.2) is 23.1 Å². The maximum absolute atomic E-state index is 12.1. The van der Waals surface area contributed by atoms with Crippen molar-refractivity contribution in [2.24, 2.45) is 0 Å². The van der Waals surface area contributed by atoms with Crippen LogP contribution in [0.4, 0.5) is 0 Å². The van der Waals surface area contributed by atoms with Crippen LogP contribution in [0.5, 0.6) is 0 Å². The number of benzene rings is 1. The summed E-state index contributed by atoms with van der Waals surface area (Å²) in [5.41, 5.74) is 0.189. The van der Waals surface area contributed by atoms with Gasteiger partial charge in [0.25, 0.3) is 5.91 Å². The summed E-state index contributed by atoms with van der Waals surface area (Å²) in [7, 11) is 0.921. The Labute approximate surface area is 118 Å². The Balaban J connectivity index is 3.34. The van der Waals surface area contributed by atoms with Crippen LogP contribution in [-0.2, 0) is 10.0 Å². The third-order valence-corrected chi connectivity index (χ3v) is 4.91. The molecule has 0 fully saturated rings. The summed E-state index contributed by atoms with van der Waals surface area (Å²) < 4.78 is 25.1. The van der Waals surface area contributed by atoms with Crippen molar-refractivity contribution < 1.29 is 13.2 Å². The molecule has 0 saturated carbocycles. The lowest BCUT2D eigenvalue weighted by atomic mass is 10.2. The number of sulfonamides is 1. The van der Waals surface area contributed by atoms with Gasteiger partial charge >= 0.3 is 0 Å². The van der Waals surface area contributed by atoms with Crippen LogP contribution >= 0.6 is 11.6 Å². The molecule has 106 valence electrons. The van der Waals surface area contributed by atoms with Crippen molar-refractivity contribution >= 4 is 27.5 Å². The first-order valence-corrected chi connectivity index (χ1v) is 7.51. The highest BCUT2D eigenvalue weighted by Gasteiger charge is 2.21. The van der Waals surface area contributed by atoms with Crippen molar-refractivity contribution in [2.45, 2.75) is 11.8 Å². The molecule has 0 heterocycles. The first kappa shape index (κ1) is 15.9. The first-order valence-electron chi connectivity index (χ1n) is 5.69. The Morgan fingerprint density at radius 3 is 2.32 bits per heavy atom. The van der Waals surface area contributed by atoms with Gasteiger partial charge in [0.2, 0.25) is 10.0 Å². The van der Waals surface area contributed by atoms with Crippen LogP contribution in [-0.4, -0.2) is 51.2 Å². The predicted molar refractivity (Wildman–Crippen MR) is 75.0 cm³/mol. The summed E-state index contributed by atoms with van der Waals surface area (Å²) in [6.07, 6.45) is 0. The van der Waals surface area contributed by atoms with Gasteiger partial charge < -0.3 is 4.90 Å². The molecule has 0 bridgehead atoms. The van der Waals surface area contributed by atoms with Crippen LogP contribution in [0.1, 0.15) is 17.3 Å². The first-order chi connectivity index (χ1) is 8.71. The number of rotatable bonds is 4. The standard InChI is InChI=1S/C12H17ClN2O3S/c1-5-15(4)12(16)10-8-9(6-7-11(10)13)19(17,18)14(2)3/h6-8H,5H2,1-4H3. The van der Waals surface area contributed by atoms with E-state index in [1.807, 2.05) is 6.92 Å². The molecule has 7 heteroatoms. The molecule has 0 unspecified atom stereocenters. The van der Waals surface area contributed by atoms with E-state index in [4.69, 9.17) is 11.6 Å². The second kappa shape index (κ2) is 5.90. The van der Waals surface area contributed by atoms with E-state index in [2.05, 4.69) is 0 Å². The lowest BCUT2D eigenvalue weighted by molar-refractivity contribution is 0.0802. The number of hydrogen-bond acceptors (Lipinski definition) is 3. The van der Waals surface area contributed by atoms with E-state index in [1.165, 1.54) is 37.2 Å². The van der Waals surface area contributed by atoms with Crippen LogP contribution in [0, 0.1) is 0 Å². The van der Waals surface area contributed by atoms with E-state index in [9.17, 15) is 13.2 Å². The Hall–Kier alpha value is -1.11. The van der Waals surface area contributed by atoms with E-state index in [0.29, 0.717) is 6.54 Å². The molecular weight excluding hydrogens is 288 g/mol.